The Kier molecular flexibility index (Phi) is 6.18. The minimum atomic E-state index is -1.68. The monoisotopic (exact) mass is 364 g/mol. The van der Waals surface area contributed by atoms with Gasteiger partial charge in [0.25, 0.3) is 5.69 Å². The molecule has 0 unspecified atom stereocenters. The van der Waals surface area contributed by atoms with Crippen LogP contribution in [0.4, 0.5) is 11.4 Å². The molecule has 0 amide bonds. The van der Waals surface area contributed by atoms with E-state index >= 15 is 0 Å². The summed E-state index contributed by atoms with van der Waals surface area (Å²) in [7, 11) is 0. The molecule has 0 atom stereocenters. The standard InChI is InChI=1S/C18H24N2O6/c1-4-25-16(21)18(3,17(22)26-5-2)13-8-9-14(20(23)24)15(12-13)19-10-6-7-11-19/h8-9,12H,4-7,10-11H2,1-3H3. The molecule has 0 saturated carbocycles. The summed E-state index contributed by atoms with van der Waals surface area (Å²) in [6.07, 6.45) is 1.88. The van der Waals surface area contributed by atoms with Gasteiger partial charge in [-0.3, -0.25) is 19.7 Å². The van der Waals surface area contributed by atoms with Crippen molar-refractivity contribution < 1.29 is 24.0 Å². The molecule has 1 aliphatic heterocycles. The summed E-state index contributed by atoms with van der Waals surface area (Å²) in [5, 5.41) is 11.4. The van der Waals surface area contributed by atoms with E-state index in [1.807, 2.05) is 4.90 Å². The van der Waals surface area contributed by atoms with Crippen molar-refractivity contribution in [3.8, 4) is 0 Å². The highest BCUT2D eigenvalue weighted by Gasteiger charge is 2.47. The van der Waals surface area contributed by atoms with Crippen molar-refractivity contribution in [2.24, 2.45) is 0 Å². The van der Waals surface area contributed by atoms with Crippen molar-refractivity contribution in [2.45, 2.75) is 39.0 Å². The number of anilines is 1. The highest BCUT2D eigenvalue weighted by Crippen LogP contribution is 2.37. The lowest BCUT2D eigenvalue weighted by Gasteiger charge is -2.27. The number of rotatable bonds is 7. The highest BCUT2D eigenvalue weighted by molar-refractivity contribution is 6.06. The van der Waals surface area contributed by atoms with E-state index in [2.05, 4.69) is 0 Å². The van der Waals surface area contributed by atoms with Gasteiger partial charge in [-0.25, -0.2) is 0 Å². The third kappa shape index (κ3) is 3.63. The third-order valence-electron chi connectivity index (χ3n) is 4.56. The van der Waals surface area contributed by atoms with Crippen LogP contribution in [-0.4, -0.2) is 43.2 Å². The van der Waals surface area contributed by atoms with Gasteiger partial charge in [0, 0.05) is 19.2 Å². The number of hydrogen-bond donors (Lipinski definition) is 0. The Morgan fingerprint density at radius 2 is 1.69 bits per heavy atom. The first kappa shape index (κ1) is 19.7. The van der Waals surface area contributed by atoms with Crippen LogP contribution in [0.15, 0.2) is 18.2 Å². The van der Waals surface area contributed by atoms with Crippen molar-refractivity contribution in [2.75, 3.05) is 31.2 Å². The smallest absolute Gasteiger partial charge is 0.327 e. The molecule has 1 aromatic rings. The lowest BCUT2D eigenvalue weighted by Crippen LogP contribution is -2.43. The maximum Gasteiger partial charge on any atom is 0.327 e. The fourth-order valence-corrected chi connectivity index (χ4v) is 3.07. The first-order valence-electron chi connectivity index (χ1n) is 8.74. The van der Waals surface area contributed by atoms with Crippen LogP contribution in [0.2, 0.25) is 0 Å². The van der Waals surface area contributed by atoms with Crippen molar-refractivity contribution in [1.82, 2.24) is 0 Å². The second-order valence-electron chi connectivity index (χ2n) is 6.22. The average molecular weight is 364 g/mol. The van der Waals surface area contributed by atoms with Crippen LogP contribution in [0.3, 0.4) is 0 Å². The van der Waals surface area contributed by atoms with Crippen molar-refractivity contribution in [3.05, 3.63) is 33.9 Å². The molecule has 26 heavy (non-hydrogen) atoms. The van der Waals surface area contributed by atoms with Gasteiger partial charge in [-0.2, -0.15) is 0 Å². The van der Waals surface area contributed by atoms with Gasteiger partial charge < -0.3 is 14.4 Å². The number of ether oxygens (including phenoxy) is 2. The summed E-state index contributed by atoms with van der Waals surface area (Å²) in [6.45, 7) is 6.33. The summed E-state index contributed by atoms with van der Waals surface area (Å²) in [6, 6.07) is 4.29. The molecule has 8 nitrogen and oxygen atoms in total. The number of benzene rings is 1. The summed E-state index contributed by atoms with van der Waals surface area (Å²) in [5.41, 5.74) is -1.01. The van der Waals surface area contributed by atoms with Crippen molar-refractivity contribution >= 4 is 23.3 Å². The molecule has 1 saturated heterocycles. The van der Waals surface area contributed by atoms with E-state index in [-0.39, 0.29) is 18.9 Å². The number of hydrogen-bond acceptors (Lipinski definition) is 7. The predicted molar refractivity (Wildman–Crippen MR) is 95.2 cm³/mol. The Hall–Kier alpha value is -2.64. The molecule has 142 valence electrons. The Morgan fingerprint density at radius 1 is 1.15 bits per heavy atom. The van der Waals surface area contributed by atoms with E-state index in [4.69, 9.17) is 9.47 Å². The van der Waals surface area contributed by atoms with Gasteiger partial charge in [0.05, 0.1) is 18.1 Å². The molecule has 0 spiro atoms. The molecule has 0 aliphatic carbocycles. The summed E-state index contributed by atoms with van der Waals surface area (Å²) in [5.74, 6) is -1.47. The minimum absolute atomic E-state index is 0.0503. The van der Waals surface area contributed by atoms with Gasteiger partial charge >= 0.3 is 11.9 Å². The van der Waals surface area contributed by atoms with Crippen LogP contribution in [0.1, 0.15) is 39.2 Å². The Morgan fingerprint density at radius 3 is 2.15 bits per heavy atom. The molecule has 8 heteroatoms. The van der Waals surface area contributed by atoms with Crippen LogP contribution in [0.25, 0.3) is 0 Å². The van der Waals surface area contributed by atoms with E-state index in [1.165, 1.54) is 25.1 Å². The van der Waals surface area contributed by atoms with E-state index in [0.29, 0.717) is 24.3 Å². The summed E-state index contributed by atoms with van der Waals surface area (Å²) >= 11 is 0. The van der Waals surface area contributed by atoms with E-state index < -0.39 is 22.3 Å². The van der Waals surface area contributed by atoms with Crippen LogP contribution in [0, 0.1) is 10.1 Å². The van der Waals surface area contributed by atoms with E-state index in [0.717, 1.165) is 12.8 Å². The van der Waals surface area contributed by atoms with Gasteiger partial charge in [-0.15, -0.1) is 0 Å². The molecule has 2 rings (SSSR count). The first-order chi connectivity index (χ1) is 12.4. The summed E-state index contributed by atoms with van der Waals surface area (Å²) in [4.78, 5) is 38.0. The summed E-state index contributed by atoms with van der Waals surface area (Å²) < 4.78 is 10.2. The molecule has 0 radical (unpaired) electrons. The third-order valence-corrected chi connectivity index (χ3v) is 4.56. The maximum atomic E-state index is 12.6. The van der Waals surface area contributed by atoms with Crippen LogP contribution in [-0.2, 0) is 24.5 Å². The highest BCUT2D eigenvalue weighted by atomic mass is 16.6. The van der Waals surface area contributed by atoms with Crippen molar-refractivity contribution in [3.63, 3.8) is 0 Å². The number of nitrogens with zero attached hydrogens (tertiary/aromatic N) is 2. The fraction of sp³-hybridized carbons (Fsp3) is 0.556. The van der Waals surface area contributed by atoms with Crippen LogP contribution < -0.4 is 4.90 Å². The zero-order valence-electron chi connectivity index (χ0n) is 15.3. The first-order valence-corrected chi connectivity index (χ1v) is 8.74. The van der Waals surface area contributed by atoms with Crippen LogP contribution in [0.5, 0.6) is 0 Å². The molecule has 1 aromatic carbocycles. The van der Waals surface area contributed by atoms with Gasteiger partial charge in [0.15, 0.2) is 5.41 Å². The topological polar surface area (TPSA) is 99.0 Å². The Labute approximate surface area is 152 Å². The zero-order chi connectivity index (χ0) is 19.3. The molecule has 1 fully saturated rings. The fourth-order valence-electron chi connectivity index (χ4n) is 3.07. The zero-order valence-corrected chi connectivity index (χ0v) is 15.3. The number of carbonyl (C=O) groups excluding carboxylic acids is 2. The van der Waals surface area contributed by atoms with E-state index in [9.17, 15) is 19.7 Å². The van der Waals surface area contributed by atoms with Gasteiger partial charge in [-0.05, 0) is 45.2 Å². The van der Waals surface area contributed by atoms with Gasteiger partial charge in [0.2, 0.25) is 0 Å². The lowest BCUT2D eigenvalue weighted by molar-refractivity contribution is -0.384. The number of esters is 2. The molecule has 0 aromatic heterocycles. The lowest BCUT2D eigenvalue weighted by atomic mass is 9.82. The van der Waals surface area contributed by atoms with Gasteiger partial charge in [0.1, 0.15) is 5.69 Å². The average Bonchev–Trinajstić information content (AvgIpc) is 3.15. The number of carbonyl (C=O) groups is 2. The molecular formula is C18H24N2O6. The predicted octanol–water partition coefficient (Wildman–Crippen LogP) is 2.58. The Balaban J connectivity index is 2.57. The van der Waals surface area contributed by atoms with Crippen LogP contribution >= 0.6 is 0 Å². The normalized spacial score (nSPS) is 14.2. The molecule has 0 bridgehead atoms. The maximum absolute atomic E-state index is 12.6. The molecule has 1 heterocycles. The minimum Gasteiger partial charge on any atom is -0.465 e. The van der Waals surface area contributed by atoms with Gasteiger partial charge in [-0.1, -0.05) is 6.07 Å². The number of nitro benzene ring substituents is 1. The van der Waals surface area contributed by atoms with E-state index in [1.54, 1.807) is 13.8 Å². The number of nitro groups is 1. The second-order valence-corrected chi connectivity index (χ2v) is 6.22. The van der Waals surface area contributed by atoms with Crippen molar-refractivity contribution in [1.29, 1.82) is 0 Å². The quantitative estimate of drug-likeness (QED) is 0.317. The molecular weight excluding hydrogens is 340 g/mol. The SMILES string of the molecule is CCOC(=O)C(C)(C(=O)OCC)c1ccc([N+](=O)[O-])c(N2CCCC2)c1. The Bertz CT molecular complexity index is 679. The molecule has 1 aliphatic rings. The molecule has 0 N–H and O–H groups in total. The second kappa shape index (κ2) is 8.16. The largest absolute Gasteiger partial charge is 0.465 e.